The van der Waals surface area contributed by atoms with Gasteiger partial charge >= 0.3 is 6.18 Å². The molecule has 6 nitrogen and oxygen atoms in total. The molecule has 1 aliphatic rings. The van der Waals surface area contributed by atoms with Crippen molar-refractivity contribution in [2.45, 2.75) is 19.0 Å². The van der Waals surface area contributed by atoms with E-state index in [1.807, 2.05) is 0 Å². The number of likely N-dealkylation sites (tertiary alicyclic amines) is 1. The number of imidazole rings is 1. The molecule has 1 saturated heterocycles. The van der Waals surface area contributed by atoms with Gasteiger partial charge in [0.2, 0.25) is 0 Å². The first-order valence-electron chi connectivity index (χ1n) is 10.1. The Morgan fingerprint density at radius 1 is 1.12 bits per heavy atom. The predicted molar refractivity (Wildman–Crippen MR) is 110 cm³/mol. The molecular weight excluding hydrogens is 440 g/mol. The van der Waals surface area contributed by atoms with E-state index in [4.69, 9.17) is 10.00 Å². The minimum absolute atomic E-state index is 0.00621. The summed E-state index contributed by atoms with van der Waals surface area (Å²) in [5.74, 6) is -1.58. The zero-order valence-corrected chi connectivity index (χ0v) is 17.5. The van der Waals surface area contributed by atoms with E-state index >= 15 is 0 Å². The van der Waals surface area contributed by atoms with Gasteiger partial charge in [-0.15, -0.1) is 0 Å². The summed E-state index contributed by atoms with van der Waals surface area (Å²) < 4.78 is 63.2. The van der Waals surface area contributed by atoms with E-state index in [0.717, 1.165) is 16.7 Å². The van der Waals surface area contributed by atoms with Crippen LogP contribution in [-0.2, 0) is 6.18 Å². The third-order valence-electron chi connectivity index (χ3n) is 5.42. The molecule has 0 atom stereocenters. The number of methoxy groups -OCH3 is 1. The van der Waals surface area contributed by atoms with E-state index in [9.17, 15) is 22.4 Å². The third kappa shape index (κ3) is 4.14. The van der Waals surface area contributed by atoms with Crippen molar-refractivity contribution in [3.63, 3.8) is 0 Å². The molecule has 2 heterocycles. The number of amides is 1. The first-order chi connectivity index (χ1) is 15.7. The largest absolute Gasteiger partial charge is 0.497 e. The Morgan fingerprint density at radius 3 is 2.33 bits per heavy atom. The van der Waals surface area contributed by atoms with E-state index < -0.39 is 29.3 Å². The molecule has 1 amide bonds. The van der Waals surface area contributed by atoms with E-state index in [1.165, 1.54) is 42.3 Å². The molecular formula is C23H18F4N4O2. The zero-order valence-electron chi connectivity index (χ0n) is 17.5. The lowest BCUT2D eigenvalue weighted by molar-refractivity contribution is -0.142. The molecule has 10 heteroatoms. The highest BCUT2D eigenvalue weighted by Crippen LogP contribution is 2.39. The number of hydrogen-bond donors (Lipinski definition) is 0. The average molecular weight is 458 g/mol. The van der Waals surface area contributed by atoms with Crippen LogP contribution in [0.2, 0.25) is 0 Å². The minimum atomic E-state index is -4.93. The molecule has 0 radical (unpaired) electrons. The molecule has 0 N–H and O–H groups in total. The van der Waals surface area contributed by atoms with Gasteiger partial charge in [-0.1, -0.05) is 0 Å². The molecule has 33 heavy (non-hydrogen) atoms. The van der Waals surface area contributed by atoms with E-state index in [0.29, 0.717) is 31.7 Å². The topological polar surface area (TPSA) is 71.1 Å². The van der Waals surface area contributed by atoms with Gasteiger partial charge in [-0.3, -0.25) is 9.36 Å². The highest BCUT2D eigenvalue weighted by molar-refractivity contribution is 5.95. The second-order valence-electron chi connectivity index (χ2n) is 7.47. The van der Waals surface area contributed by atoms with Crippen molar-refractivity contribution in [3.05, 3.63) is 65.2 Å². The Morgan fingerprint density at radius 2 is 1.79 bits per heavy atom. The van der Waals surface area contributed by atoms with Gasteiger partial charge in [0, 0.05) is 24.3 Å². The number of nitrogens with zero attached hydrogens (tertiary/aromatic N) is 4. The molecule has 1 fully saturated rings. The Labute approximate surface area is 186 Å². The van der Waals surface area contributed by atoms with Crippen LogP contribution < -0.4 is 4.74 Å². The summed E-state index contributed by atoms with van der Waals surface area (Å²) in [7, 11) is 1.42. The average Bonchev–Trinajstić information content (AvgIpc) is 3.47. The number of nitriles is 1. The van der Waals surface area contributed by atoms with E-state index in [1.54, 1.807) is 6.07 Å². The van der Waals surface area contributed by atoms with Gasteiger partial charge in [0.25, 0.3) is 5.91 Å². The number of hydrogen-bond acceptors (Lipinski definition) is 4. The Kier molecular flexibility index (Phi) is 5.80. The fourth-order valence-electron chi connectivity index (χ4n) is 3.82. The lowest BCUT2D eigenvalue weighted by atomic mass is 10.1. The maximum absolute atomic E-state index is 14.3. The summed E-state index contributed by atoms with van der Waals surface area (Å²) in [6, 6.07) is 10.8. The van der Waals surface area contributed by atoms with Crippen molar-refractivity contribution in [1.82, 2.24) is 14.5 Å². The van der Waals surface area contributed by atoms with Crippen LogP contribution in [0.5, 0.6) is 5.75 Å². The van der Waals surface area contributed by atoms with E-state index in [-0.39, 0.29) is 22.6 Å². The lowest BCUT2D eigenvalue weighted by Crippen LogP contribution is -2.30. The first-order valence-corrected chi connectivity index (χ1v) is 10.1. The molecule has 170 valence electrons. The minimum Gasteiger partial charge on any atom is -0.497 e. The second kappa shape index (κ2) is 8.58. The van der Waals surface area contributed by atoms with Gasteiger partial charge in [0.1, 0.15) is 23.5 Å². The van der Waals surface area contributed by atoms with Gasteiger partial charge in [-0.25, -0.2) is 9.37 Å². The van der Waals surface area contributed by atoms with Crippen LogP contribution in [-0.4, -0.2) is 40.6 Å². The number of halogens is 4. The predicted octanol–water partition coefficient (Wildman–Crippen LogP) is 4.81. The second-order valence-corrected chi connectivity index (χ2v) is 7.47. The monoisotopic (exact) mass is 458 g/mol. The number of benzene rings is 2. The van der Waals surface area contributed by atoms with Gasteiger partial charge < -0.3 is 9.64 Å². The summed E-state index contributed by atoms with van der Waals surface area (Å²) in [6.45, 7) is 0.679. The first kappa shape index (κ1) is 22.3. The van der Waals surface area contributed by atoms with Crippen LogP contribution in [0.1, 0.15) is 34.6 Å². The molecule has 0 spiro atoms. The van der Waals surface area contributed by atoms with Crippen LogP contribution in [0.3, 0.4) is 0 Å². The maximum atomic E-state index is 14.3. The fraction of sp³-hybridized carbons (Fsp3) is 0.261. The summed E-state index contributed by atoms with van der Waals surface area (Å²) in [4.78, 5) is 18.4. The van der Waals surface area contributed by atoms with Crippen LogP contribution in [0.4, 0.5) is 17.6 Å². The molecule has 3 aromatic rings. The van der Waals surface area contributed by atoms with Crippen LogP contribution in [0.25, 0.3) is 17.1 Å². The zero-order chi connectivity index (χ0) is 23.8. The lowest BCUT2D eigenvalue weighted by Gasteiger charge is -2.17. The molecule has 0 bridgehead atoms. The Hall–Kier alpha value is -3.87. The van der Waals surface area contributed by atoms with Gasteiger partial charge in [-0.05, 0) is 55.3 Å². The number of aromatic nitrogens is 2. The summed E-state index contributed by atoms with van der Waals surface area (Å²) in [5.41, 5.74) is -2.20. The molecule has 0 saturated carbocycles. The summed E-state index contributed by atoms with van der Waals surface area (Å²) >= 11 is 0. The number of carbonyl (C=O) groups is 1. The van der Waals surface area contributed by atoms with Crippen molar-refractivity contribution in [1.29, 1.82) is 5.26 Å². The number of alkyl halides is 3. The number of carbonyl (C=O) groups excluding carboxylic acids is 1. The standard InChI is InChI=1S/C23H18F4N4O2/c1-33-17-8-6-16(7-9-17)31-20(23(25,26)27)19(22(32)30-10-2-3-11-30)29-21(31)14-4-5-15(13-28)18(24)12-14/h4-9,12H,2-3,10-11H2,1H3. The van der Waals surface area contributed by atoms with Crippen molar-refractivity contribution in [3.8, 4) is 28.9 Å². The summed E-state index contributed by atoms with van der Waals surface area (Å²) in [6.07, 6.45) is -3.54. The van der Waals surface area contributed by atoms with Crippen LogP contribution >= 0.6 is 0 Å². The Bertz CT molecular complexity index is 1240. The molecule has 2 aromatic carbocycles. The van der Waals surface area contributed by atoms with Gasteiger partial charge in [-0.2, -0.15) is 18.4 Å². The number of ether oxygens (including phenoxy) is 1. The van der Waals surface area contributed by atoms with Crippen LogP contribution in [0, 0.1) is 17.1 Å². The maximum Gasteiger partial charge on any atom is 0.434 e. The normalized spacial score (nSPS) is 13.8. The quantitative estimate of drug-likeness (QED) is 0.526. The van der Waals surface area contributed by atoms with Crippen molar-refractivity contribution < 1.29 is 27.1 Å². The third-order valence-corrected chi connectivity index (χ3v) is 5.42. The fourth-order valence-corrected chi connectivity index (χ4v) is 3.82. The van der Waals surface area contributed by atoms with E-state index in [2.05, 4.69) is 4.98 Å². The van der Waals surface area contributed by atoms with Gasteiger partial charge in [0.05, 0.1) is 12.7 Å². The molecule has 0 aliphatic carbocycles. The molecule has 1 aliphatic heterocycles. The summed E-state index contributed by atoms with van der Waals surface area (Å²) in [5, 5.41) is 8.99. The highest BCUT2D eigenvalue weighted by Gasteiger charge is 2.43. The smallest absolute Gasteiger partial charge is 0.434 e. The molecule has 4 rings (SSSR count). The Balaban J connectivity index is 2.00. The highest BCUT2D eigenvalue weighted by atomic mass is 19.4. The van der Waals surface area contributed by atoms with Crippen LogP contribution in [0.15, 0.2) is 42.5 Å². The van der Waals surface area contributed by atoms with Gasteiger partial charge in [0.15, 0.2) is 11.4 Å². The van der Waals surface area contributed by atoms with Crippen molar-refractivity contribution in [2.75, 3.05) is 20.2 Å². The number of rotatable bonds is 4. The molecule has 1 aromatic heterocycles. The molecule has 0 unspecified atom stereocenters. The SMILES string of the molecule is COc1ccc(-n2c(-c3ccc(C#N)c(F)c3)nc(C(=O)N3CCCC3)c2C(F)(F)F)cc1. The van der Waals surface area contributed by atoms with Crippen molar-refractivity contribution >= 4 is 5.91 Å². The van der Waals surface area contributed by atoms with Crippen molar-refractivity contribution in [2.24, 2.45) is 0 Å².